The zero-order valence-electron chi connectivity index (χ0n) is 7.51. The molecule has 0 saturated heterocycles. The summed E-state index contributed by atoms with van der Waals surface area (Å²) in [6, 6.07) is 1.15. The smallest absolute Gasteiger partial charge is 0.241 e. The van der Waals surface area contributed by atoms with Gasteiger partial charge in [0.05, 0.1) is 20.8 Å². The highest BCUT2D eigenvalue weighted by Crippen LogP contribution is 2.38. The summed E-state index contributed by atoms with van der Waals surface area (Å²) in [4.78, 5) is -0.196. The monoisotopic (exact) mass is 288 g/mol. The number of halogens is 3. The van der Waals surface area contributed by atoms with Gasteiger partial charge in [-0.25, -0.2) is 13.1 Å². The van der Waals surface area contributed by atoms with Gasteiger partial charge in [0.25, 0.3) is 0 Å². The van der Waals surface area contributed by atoms with Crippen molar-refractivity contribution in [1.82, 2.24) is 4.72 Å². The van der Waals surface area contributed by atoms with Crippen LogP contribution in [0.15, 0.2) is 11.0 Å². The lowest BCUT2D eigenvalue weighted by molar-refractivity contribution is 0.588. The minimum atomic E-state index is -3.70. The molecule has 1 rings (SSSR count). The molecule has 0 aliphatic heterocycles. The van der Waals surface area contributed by atoms with Gasteiger partial charge in [-0.05, 0) is 13.1 Å². The van der Waals surface area contributed by atoms with E-state index in [1.807, 2.05) is 0 Å². The summed E-state index contributed by atoms with van der Waals surface area (Å²) in [6.45, 7) is 0. The summed E-state index contributed by atoms with van der Waals surface area (Å²) in [5, 5.41) is -0.0668. The Morgan fingerprint density at radius 3 is 2.27 bits per heavy atom. The zero-order valence-corrected chi connectivity index (χ0v) is 10.6. The third-order valence-electron chi connectivity index (χ3n) is 1.72. The average molecular weight is 290 g/mol. The van der Waals surface area contributed by atoms with Crippen molar-refractivity contribution in [1.29, 1.82) is 0 Å². The highest BCUT2D eigenvalue weighted by atomic mass is 35.5. The third-order valence-corrected chi connectivity index (χ3v) is 4.47. The standard InChI is InChI=1S/C7H7Cl3N2O2S/c1-12-15(13,14)4-2-3(8)5(9)7(11)6(4)10/h2,12H,11H2,1H3. The van der Waals surface area contributed by atoms with Gasteiger partial charge in [0, 0.05) is 0 Å². The summed E-state index contributed by atoms with van der Waals surface area (Å²) < 4.78 is 25.1. The van der Waals surface area contributed by atoms with Gasteiger partial charge in [-0.1, -0.05) is 34.8 Å². The number of rotatable bonds is 2. The van der Waals surface area contributed by atoms with Crippen LogP contribution in [-0.4, -0.2) is 15.5 Å². The molecule has 0 aliphatic carbocycles. The van der Waals surface area contributed by atoms with E-state index in [4.69, 9.17) is 40.5 Å². The number of anilines is 1. The van der Waals surface area contributed by atoms with Gasteiger partial charge in [-0.15, -0.1) is 0 Å². The average Bonchev–Trinajstić information content (AvgIpc) is 2.20. The van der Waals surface area contributed by atoms with E-state index in [-0.39, 0.29) is 25.7 Å². The maximum Gasteiger partial charge on any atom is 0.241 e. The maximum absolute atomic E-state index is 11.5. The number of hydrogen-bond donors (Lipinski definition) is 2. The molecule has 0 radical (unpaired) electrons. The molecule has 0 spiro atoms. The lowest BCUT2D eigenvalue weighted by Crippen LogP contribution is -2.19. The third kappa shape index (κ3) is 2.32. The van der Waals surface area contributed by atoms with Crippen LogP contribution in [0.4, 0.5) is 5.69 Å². The van der Waals surface area contributed by atoms with E-state index in [2.05, 4.69) is 4.72 Å². The van der Waals surface area contributed by atoms with Crippen molar-refractivity contribution in [2.24, 2.45) is 0 Å². The van der Waals surface area contributed by atoms with Gasteiger partial charge >= 0.3 is 0 Å². The second kappa shape index (κ2) is 4.35. The lowest BCUT2D eigenvalue weighted by Gasteiger charge is -2.09. The van der Waals surface area contributed by atoms with Gasteiger partial charge in [0.1, 0.15) is 4.90 Å². The molecule has 0 saturated carbocycles. The van der Waals surface area contributed by atoms with Crippen molar-refractivity contribution in [2.45, 2.75) is 4.90 Å². The Balaban J connectivity index is 3.60. The fourth-order valence-corrected chi connectivity index (χ4v) is 2.67. The fourth-order valence-electron chi connectivity index (χ4n) is 0.905. The number of nitrogens with two attached hydrogens (primary N) is 1. The number of nitrogens with one attached hydrogen (secondary N) is 1. The first-order chi connectivity index (χ1) is 6.81. The van der Waals surface area contributed by atoms with Crippen LogP contribution in [0.2, 0.25) is 15.1 Å². The van der Waals surface area contributed by atoms with Crippen molar-refractivity contribution in [3.05, 3.63) is 21.1 Å². The normalized spacial score (nSPS) is 11.7. The Labute approximate surface area is 102 Å². The molecule has 8 heteroatoms. The van der Waals surface area contributed by atoms with E-state index in [1.54, 1.807) is 0 Å². The predicted octanol–water partition coefficient (Wildman–Crippen LogP) is 2.14. The largest absolute Gasteiger partial charge is 0.396 e. The van der Waals surface area contributed by atoms with Gasteiger partial charge in [0.2, 0.25) is 10.0 Å². The molecule has 0 fully saturated rings. The molecule has 0 aromatic heterocycles. The van der Waals surface area contributed by atoms with E-state index in [0.717, 1.165) is 6.07 Å². The summed E-state index contributed by atoms with van der Waals surface area (Å²) in [7, 11) is -2.44. The van der Waals surface area contributed by atoms with Crippen molar-refractivity contribution in [3.8, 4) is 0 Å². The van der Waals surface area contributed by atoms with Crippen molar-refractivity contribution >= 4 is 50.5 Å². The summed E-state index contributed by atoms with van der Waals surface area (Å²) in [5.74, 6) is 0. The fraction of sp³-hybridized carbons (Fsp3) is 0.143. The first kappa shape index (κ1) is 12.9. The minimum Gasteiger partial charge on any atom is -0.396 e. The SMILES string of the molecule is CNS(=O)(=O)c1cc(Cl)c(Cl)c(N)c1Cl. The highest BCUT2D eigenvalue weighted by molar-refractivity contribution is 7.89. The summed E-state index contributed by atoms with van der Waals surface area (Å²) >= 11 is 17.1. The van der Waals surface area contributed by atoms with Crippen molar-refractivity contribution < 1.29 is 8.42 Å². The Morgan fingerprint density at radius 1 is 1.27 bits per heavy atom. The molecule has 4 nitrogen and oxygen atoms in total. The van der Waals surface area contributed by atoms with Gasteiger partial charge < -0.3 is 5.73 Å². The van der Waals surface area contributed by atoms with E-state index in [1.165, 1.54) is 7.05 Å². The number of nitrogen functional groups attached to an aromatic ring is 1. The molecule has 0 aliphatic rings. The van der Waals surface area contributed by atoms with Gasteiger partial charge in [0.15, 0.2) is 0 Å². The van der Waals surface area contributed by atoms with Gasteiger partial charge in [-0.3, -0.25) is 0 Å². The first-order valence-electron chi connectivity index (χ1n) is 3.67. The predicted molar refractivity (Wildman–Crippen MR) is 62.1 cm³/mol. The molecule has 3 N–H and O–H groups in total. The molecule has 15 heavy (non-hydrogen) atoms. The van der Waals surface area contributed by atoms with E-state index < -0.39 is 10.0 Å². The molecule has 0 bridgehead atoms. The highest BCUT2D eigenvalue weighted by Gasteiger charge is 2.21. The molecule has 0 amide bonds. The second-order valence-electron chi connectivity index (χ2n) is 2.61. The lowest BCUT2D eigenvalue weighted by atomic mass is 10.3. The Hall–Kier alpha value is -0.200. The Kier molecular flexibility index (Phi) is 3.73. The van der Waals surface area contributed by atoms with Crippen molar-refractivity contribution in [3.63, 3.8) is 0 Å². The molecule has 1 aromatic rings. The molecule has 0 heterocycles. The Bertz CT molecular complexity index is 501. The topological polar surface area (TPSA) is 72.2 Å². The van der Waals surface area contributed by atoms with Crippen LogP contribution in [0.25, 0.3) is 0 Å². The zero-order chi connectivity index (χ0) is 11.8. The number of hydrogen-bond acceptors (Lipinski definition) is 3. The van der Waals surface area contributed by atoms with Crippen molar-refractivity contribution in [2.75, 3.05) is 12.8 Å². The molecular formula is C7H7Cl3N2O2S. The van der Waals surface area contributed by atoms with Crippen LogP contribution < -0.4 is 10.5 Å². The van der Waals surface area contributed by atoms with E-state index in [0.29, 0.717) is 0 Å². The number of sulfonamides is 1. The molecule has 0 unspecified atom stereocenters. The van der Waals surface area contributed by atoms with Crippen LogP contribution in [0, 0.1) is 0 Å². The van der Waals surface area contributed by atoms with Gasteiger partial charge in [-0.2, -0.15) is 0 Å². The molecule has 0 atom stereocenters. The van der Waals surface area contributed by atoms with Crippen LogP contribution >= 0.6 is 34.8 Å². The quantitative estimate of drug-likeness (QED) is 0.647. The first-order valence-corrected chi connectivity index (χ1v) is 6.29. The van der Waals surface area contributed by atoms with E-state index in [9.17, 15) is 8.42 Å². The van der Waals surface area contributed by atoms with E-state index >= 15 is 0 Å². The minimum absolute atomic E-state index is 0.0346. The molecule has 84 valence electrons. The Morgan fingerprint density at radius 2 is 1.80 bits per heavy atom. The van der Waals surface area contributed by atoms with Crippen LogP contribution in [-0.2, 0) is 10.0 Å². The maximum atomic E-state index is 11.5. The molecule has 1 aromatic carbocycles. The second-order valence-corrected chi connectivity index (χ2v) is 5.62. The number of benzene rings is 1. The van der Waals surface area contributed by atoms with Crippen LogP contribution in [0.3, 0.4) is 0 Å². The summed E-state index contributed by atoms with van der Waals surface area (Å²) in [5.41, 5.74) is 5.44. The van der Waals surface area contributed by atoms with Crippen LogP contribution in [0.1, 0.15) is 0 Å². The van der Waals surface area contributed by atoms with Crippen LogP contribution in [0.5, 0.6) is 0 Å². The molecular weight excluding hydrogens is 283 g/mol. The summed E-state index contributed by atoms with van der Waals surface area (Å²) in [6.07, 6.45) is 0.